The lowest BCUT2D eigenvalue weighted by Gasteiger charge is -2.40. The number of hydrogen-bond acceptors (Lipinski definition) is 3. The molecule has 0 saturated heterocycles. The predicted octanol–water partition coefficient (Wildman–Crippen LogP) is 0.631. The van der Waals surface area contributed by atoms with Gasteiger partial charge in [-0.05, 0) is 12.8 Å². The summed E-state index contributed by atoms with van der Waals surface area (Å²) in [6, 6.07) is -0.531. The Hall–Kier alpha value is -0.930. The molecule has 2 atom stereocenters. The molecule has 0 amide bonds. The Morgan fingerprint density at radius 1 is 1.36 bits per heavy atom. The van der Waals surface area contributed by atoms with Gasteiger partial charge in [-0.1, -0.05) is 6.42 Å². The van der Waals surface area contributed by atoms with Crippen molar-refractivity contribution in [1.82, 2.24) is 0 Å². The Morgan fingerprint density at radius 3 is 2.18 bits per heavy atom. The lowest BCUT2D eigenvalue weighted by molar-refractivity contribution is -0.549. The second kappa shape index (κ2) is 2.03. The lowest BCUT2D eigenvalue weighted by atomic mass is 9.60. The summed E-state index contributed by atoms with van der Waals surface area (Å²) in [4.78, 5) is 21.2. The summed E-state index contributed by atoms with van der Waals surface area (Å²) >= 11 is 0. The molecule has 3 saturated carbocycles. The standard InChI is InChI=1S/C7H9NO3/c9-7-4-2-1-3-5(7)6(4)8(10)11/h4-6H,1-3H2. The van der Waals surface area contributed by atoms with E-state index in [1.54, 1.807) is 0 Å². The second-order valence-corrected chi connectivity index (χ2v) is 3.32. The summed E-state index contributed by atoms with van der Waals surface area (Å²) < 4.78 is 0. The number of Topliss-reactive ketones (excluding diaryl/α,β-unsaturated/α-hetero) is 1. The Kier molecular flexibility index (Phi) is 1.25. The molecular weight excluding hydrogens is 146 g/mol. The molecule has 3 rings (SSSR count). The summed E-state index contributed by atoms with van der Waals surface area (Å²) in [5.41, 5.74) is 0. The molecule has 0 N–H and O–H groups in total. The van der Waals surface area contributed by atoms with E-state index >= 15 is 0 Å². The van der Waals surface area contributed by atoms with Gasteiger partial charge in [0.1, 0.15) is 0 Å². The minimum absolute atomic E-state index is 0.137. The Morgan fingerprint density at radius 2 is 1.91 bits per heavy atom. The van der Waals surface area contributed by atoms with Crippen molar-refractivity contribution in [1.29, 1.82) is 0 Å². The molecule has 0 heterocycles. The van der Waals surface area contributed by atoms with E-state index in [0.717, 1.165) is 19.3 Å². The van der Waals surface area contributed by atoms with Crippen LogP contribution in [0.4, 0.5) is 0 Å². The summed E-state index contributed by atoms with van der Waals surface area (Å²) in [6.07, 6.45) is 2.47. The molecular formula is C7H9NO3. The van der Waals surface area contributed by atoms with Crippen LogP contribution in [0, 0.1) is 22.0 Å². The first-order valence-electron chi connectivity index (χ1n) is 3.89. The van der Waals surface area contributed by atoms with Crippen molar-refractivity contribution >= 4 is 5.78 Å². The first-order valence-corrected chi connectivity index (χ1v) is 3.89. The van der Waals surface area contributed by atoms with Crippen molar-refractivity contribution < 1.29 is 9.72 Å². The van der Waals surface area contributed by atoms with Gasteiger partial charge >= 0.3 is 0 Å². The van der Waals surface area contributed by atoms with Gasteiger partial charge in [0.05, 0.1) is 11.8 Å². The largest absolute Gasteiger partial charge is 0.299 e. The quantitative estimate of drug-likeness (QED) is 0.412. The molecule has 2 unspecified atom stereocenters. The fraction of sp³-hybridized carbons (Fsp3) is 0.857. The number of nitrogens with zero attached hydrogens (tertiary/aromatic N) is 1. The van der Waals surface area contributed by atoms with E-state index in [9.17, 15) is 14.9 Å². The highest BCUT2D eigenvalue weighted by Crippen LogP contribution is 2.43. The van der Waals surface area contributed by atoms with Crippen LogP contribution in [0.15, 0.2) is 0 Å². The zero-order chi connectivity index (χ0) is 8.01. The van der Waals surface area contributed by atoms with Gasteiger partial charge in [-0.25, -0.2) is 0 Å². The molecule has 4 heteroatoms. The van der Waals surface area contributed by atoms with Crippen molar-refractivity contribution in [3.63, 3.8) is 0 Å². The number of nitro groups is 1. The molecule has 3 fully saturated rings. The van der Waals surface area contributed by atoms with Crippen LogP contribution in [0.5, 0.6) is 0 Å². The smallest absolute Gasteiger partial charge is 0.232 e. The maximum absolute atomic E-state index is 11.1. The van der Waals surface area contributed by atoms with Gasteiger partial charge in [0, 0.05) is 4.92 Å². The van der Waals surface area contributed by atoms with Crippen LogP contribution >= 0.6 is 0 Å². The second-order valence-electron chi connectivity index (χ2n) is 3.32. The summed E-state index contributed by atoms with van der Waals surface area (Å²) in [7, 11) is 0. The average Bonchev–Trinajstić information content (AvgIpc) is 2.02. The van der Waals surface area contributed by atoms with E-state index < -0.39 is 6.04 Å². The SMILES string of the molecule is O=C1C2CCCC1C2[N+](=O)[O-]. The Labute approximate surface area is 63.7 Å². The fourth-order valence-corrected chi connectivity index (χ4v) is 2.25. The summed E-state index contributed by atoms with van der Waals surface area (Å²) in [5.74, 6) is -0.328. The van der Waals surface area contributed by atoms with E-state index in [1.807, 2.05) is 0 Å². The molecule has 0 aromatic rings. The molecule has 3 aliphatic rings. The van der Waals surface area contributed by atoms with Crippen LogP contribution in [-0.4, -0.2) is 16.7 Å². The van der Waals surface area contributed by atoms with Crippen molar-refractivity contribution in [2.45, 2.75) is 25.3 Å². The number of hydrogen-bond donors (Lipinski definition) is 0. The zero-order valence-corrected chi connectivity index (χ0v) is 6.03. The van der Waals surface area contributed by atoms with Crippen molar-refractivity contribution in [2.24, 2.45) is 11.8 Å². The third kappa shape index (κ3) is 0.721. The molecule has 0 aromatic carbocycles. The molecule has 60 valence electrons. The van der Waals surface area contributed by atoms with E-state index in [1.165, 1.54) is 0 Å². The maximum Gasteiger partial charge on any atom is 0.232 e. The molecule has 0 aliphatic heterocycles. The van der Waals surface area contributed by atoms with Crippen molar-refractivity contribution in [3.05, 3.63) is 10.1 Å². The van der Waals surface area contributed by atoms with Crippen molar-refractivity contribution in [3.8, 4) is 0 Å². The van der Waals surface area contributed by atoms with Gasteiger partial charge in [0.15, 0.2) is 5.78 Å². The number of carbonyl (C=O) groups is 1. The van der Waals surface area contributed by atoms with E-state index in [4.69, 9.17) is 0 Å². The highest BCUT2D eigenvalue weighted by Gasteiger charge is 2.59. The van der Waals surface area contributed by atoms with Crippen LogP contribution in [-0.2, 0) is 4.79 Å². The summed E-state index contributed by atoms with van der Waals surface area (Å²) in [5, 5.41) is 10.4. The minimum Gasteiger partial charge on any atom is -0.299 e. The molecule has 2 bridgehead atoms. The van der Waals surface area contributed by atoms with Gasteiger partial charge in [-0.2, -0.15) is 0 Å². The van der Waals surface area contributed by atoms with Crippen LogP contribution < -0.4 is 0 Å². The molecule has 0 aromatic heterocycles. The van der Waals surface area contributed by atoms with Crippen molar-refractivity contribution in [2.75, 3.05) is 0 Å². The van der Waals surface area contributed by atoms with Crippen LogP contribution in [0.1, 0.15) is 19.3 Å². The van der Waals surface area contributed by atoms with Crippen LogP contribution in [0.2, 0.25) is 0 Å². The fourth-order valence-electron chi connectivity index (χ4n) is 2.25. The van der Waals surface area contributed by atoms with Crippen LogP contribution in [0.3, 0.4) is 0 Å². The van der Waals surface area contributed by atoms with Gasteiger partial charge in [-0.15, -0.1) is 0 Å². The number of ketones is 1. The summed E-state index contributed by atoms with van der Waals surface area (Å²) in [6.45, 7) is 0. The highest BCUT2D eigenvalue weighted by atomic mass is 16.6. The monoisotopic (exact) mass is 155 g/mol. The van der Waals surface area contributed by atoms with Crippen LogP contribution in [0.25, 0.3) is 0 Å². The minimum atomic E-state index is -0.531. The molecule has 0 radical (unpaired) electrons. The maximum atomic E-state index is 11.1. The Balaban J connectivity index is 2.17. The van der Waals surface area contributed by atoms with E-state index in [0.29, 0.717) is 0 Å². The normalized spacial score (nSPS) is 41.5. The van der Waals surface area contributed by atoms with Gasteiger partial charge in [0.2, 0.25) is 6.04 Å². The molecule has 11 heavy (non-hydrogen) atoms. The van der Waals surface area contributed by atoms with Gasteiger partial charge in [0.25, 0.3) is 0 Å². The predicted molar refractivity (Wildman–Crippen MR) is 36.6 cm³/mol. The number of fused-ring (bicyclic) bond motifs is 2. The topological polar surface area (TPSA) is 60.2 Å². The first-order chi connectivity index (χ1) is 5.22. The van der Waals surface area contributed by atoms with Gasteiger partial charge < -0.3 is 0 Å². The third-order valence-corrected chi connectivity index (χ3v) is 2.83. The van der Waals surface area contributed by atoms with E-state index in [2.05, 4.69) is 0 Å². The molecule has 4 nitrogen and oxygen atoms in total. The average molecular weight is 155 g/mol. The highest BCUT2D eigenvalue weighted by molar-refractivity contribution is 5.91. The number of carbonyl (C=O) groups excluding carboxylic acids is 1. The van der Waals surface area contributed by atoms with Gasteiger partial charge in [-0.3, -0.25) is 14.9 Å². The first kappa shape index (κ1) is 6.76. The third-order valence-electron chi connectivity index (χ3n) is 2.83. The number of rotatable bonds is 1. The Bertz CT molecular complexity index is 212. The lowest BCUT2D eigenvalue weighted by Crippen LogP contribution is -2.58. The molecule has 3 aliphatic carbocycles. The molecule has 0 spiro atoms. The zero-order valence-electron chi connectivity index (χ0n) is 6.03. The van der Waals surface area contributed by atoms with E-state index in [-0.39, 0.29) is 22.5 Å².